The summed E-state index contributed by atoms with van der Waals surface area (Å²) in [6, 6.07) is 20.3. The lowest BCUT2D eigenvalue weighted by Crippen LogP contribution is -2.17. The van der Waals surface area contributed by atoms with E-state index in [1.807, 2.05) is 42.1 Å². The minimum absolute atomic E-state index is 0.749. The molecule has 0 unspecified atom stereocenters. The van der Waals surface area contributed by atoms with Crippen molar-refractivity contribution >= 4 is 11.8 Å². The maximum absolute atomic E-state index is 8.99. The summed E-state index contributed by atoms with van der Waals surface area (Å²) in [6.45, 7) is 1.68. The van der Waals surface area contributed by atoms with Crippen LogP contribution in [0.1, 0.15) is 11.1 Å². The SMILES string of the molecule is N#Cc1ccccc1CNCCSc1ccccc1. The van der Waals surface area contributed by atoms with Gasteiger partial charge in [-0.3, -0.25) is 0 Å². The predicted octanol–water partition coefficient (Wildman–Crippen LogP) is 3.44. The van der Waals surface area contributed by atoms with Gasteiger partial charge in [-0.1, -0.05) is 36.4 Å². The molecule has 0 saturated heterocycles. The van der Waals surface area contributed by atoms with Crippen molar-refractivity contribution in [3.8, 4) is 6.07 Å². The minimum atomic E-state index is 0.749. The van der Waals surface area contributed by atoms with Gasteiger partial charge in [0.25, 0.3) is 0 Å². The quantitative estimate of drug-likeness (QED) is 0.644. The minimum Gasteiger partial charge on any atom is -0.312 e. The molecule has 0 radical (unpaired) electrons. The van der Waals surface area contributed by atoms with Crippen LogP contribution in [0.3, 0.4) is 0 Å². The molecule has 0 aromatic heterocycles. The van der Waals surface area contributed by atoms with Crippen LogP contribution in [0, 0.1) is 11.3 Å². The monoisotopic (exact) mass is 268 g/mol. The second-order valence-corrected chi connectivity index (χ2v) is 5.28. The summed E-state index contributed by atoms with van der Waals surface area (Å²) in [5.41, 5.74) is 1.82. The molecule has 2 aromatic carbocycles. The number of hydrogen-bond acceptors (Lipinski definition) is 3. The van der Waals surface area contributed by atoms with Crippen LogP contribution in [-0.2, 0) is 6.54 Å². The summed E-state index contributed by atoms with van der Waals surface area (Å²) in [4.78, 5) is 1.29. The van der Waals surface area contributed by atoms with E-state index in [2.05, 4.69) is 35.7 Å². The lowest BCUT2D eigenvalue weighted by atomic mass is 10.1. The van der Waals surface area contributed by atoms with Gasteiger partial charge >= 0.3 is 0 Å². The third kappa shape index (κ3) is 4.44. The Labute approximate surface area is 118 Å². The molecule has 0 heterocycles. The first-order valence-electron chi connectivity index (χ1n) is 6.27. The number of thioether (sulfide) groups is 1. The maximum Gasteiger partial charge on any atom is 0.0995 e. The van der Waals surface area contributed by atoms with Crippen molar-refractivity contribution in [3.63, 3.8) is 0 Å². The Morgan fingerprint density at radius 3 is 2.53 bits per heavy atom. The van der Waals surface area contributed by atoms with E-state index in [0.717, 1.165) is 30.0 Å². The zero-order chi connectivity index (χ0) is 13.3. The lowest BCUT2D eigenvalue weighted by molar-refractivity contribution is 0.730. The highest BCUT2D eigenvalue weighted by atomic mass is 32.2. The summed E-state index contributed by atoms with van der Waals surface area (Å²) in [6.07, 6.45) is 0. The van der Waals surface area contributed by atoms with E-state index in [1.165, 1.54) is 4.90 Å². The molecule has 96 valence electrons. The number of rotatable bonds is 6. The van der Waals surface area contributed by atoms with Crippen molar-refractivity contribution in [3.05, 3.63) is 65.7 Å². The zero-order valence-corrected chi connectivity index (χ0v) is 11.5. The van der Waals surface area contributed by atoms with Crippen molar-refractivity contribution in [2.75, 3.05) is 12.3 Å². The fourth-order valence-corrected chi connectivity index (χ4v) is 2.60. The molecule has 2 aromatic rings. The van der Waals surface area contributed by atoms with Crippen molar-refractivity contribution in [1.29, 1.82) is 5.26 Å². The van der Waals surface area contributed by atoms with E-state index < -0.39 is 0 Å². The van der Waals surface area contributed by atoms with Crippen LogP contribution in [0.25, 0.3) is 0 Å². The molecule has 2 rings (SSSR count). The fraction of sp³-hybridized carbons (Fsp3) is 0.188. The first-order chi connectivity index (χ1) is 9.40. The zero-order valence-electron chi connectivity index (χ0n) is 10.7. The van der Waals surface area contributed by atoms with Crippen LogP contribution in [0.15, 0.2) is 59.5 Å². The Kier molecular flexibility index (Phi) is 5.49. The van der Waals surface area contributed by atoms with Crippen LogP contribution in [0.5, 0.6) is 0 Å². The van der Waals surface area contributed by atoms with Gasteiger partial charge in [0, 0.05) is 23.7 Å². The average Bonchev–Trinajstić information content (AvgIpc) is 2.48. The number of nitrogens with one attached hydrogen (secondary N) is 1. The van der Waals surface area contributed by atoms with Crippen molar-refractivity contribution in [2.24, 2.45) is 0 Å². The molecule has 0 amide bonds. The van der Waals surface area contributed by atoms with Crippen LogP contribution in [-0.4, -0.2) is 12.3 Å². The Morgan fingerprint density at radius 2 is 1.74 bits per heavy atom. The summed E-state index contributed by atoms with van der Waals surface area (Å²) in [5.74, 6) is 1.03. The van der Waals surface area contributed by atoms with Crippen LogP contribution < -0.4 is 5.32 Å². The molecule has 1 N–H and O–H groups in total. The molecular weight excluding hydrogens is 252 g/mol. The second-order valence-electron chi connectivity index (χ2n) is 4.11. The molecule has 0 atom stereocenters. The van der Waals surface area contributed by atoms with E-state index in [1.54, 1.807) is 0 Å². The number of benzene rings is 2. The van der Waals surface area contributed by atoms with Crippen molar-refractivity contribution < 1.29 is 0 Å². The van der Waals surface area contributed by atoms with E-state index in [4.69, 9.17) is 5.26 Å². The van der Waals surface area contributed by atoms with Crippen molar-refractivity contribution in [2.45, 2.75) is 11.4 Å². The molecule has 0 aliphatic carbocycles. The third-order valence-corrected chi connectivity index (χ3v) is 3.76. The first kappa shape index (κ1) is 13.7. The molecule has 0 aliphatic rings. The molecule has 0 aliphatic heterocycles. The number of nitrogens with zero attached hydrogens (tertiary/aromatic N) is 1. The van der Waals surface area contributed by atoms with E-state index >= 15 is 0 Å². The van der Waals surface area contributed by atoms with Gasteiger partial charge < -0.3 is 5.32 Å². The van der Waals surface area contributed by atoms with Crippen LogP contribution in [0.2, 0.25) is 0 Å². The molecular formula is C16H16N2S. The highest BCUT2D eigenvalue weighted by molar-refractivity contribution is 7.99. The largest absolute Gasteiger partial charge is 0.312 e. The molecule has 0 bridgehead atoms. The summed E-state index contributed by atoms with van der Waals surface area (Å²) >= 11 is 1.84. The van der Waals surface area contributed by atoms with Crippen LogP contribution >= 0.6 is 11.8 Å². The number of hydrogen-bond donors (Lipinski definition) is 1. The first-order valence-corrected chi connectivity index (χ1v) is 7.25. The van der Waals surface area contributed by atoms with Gasteiger partial charge in [0.1, 0.15) is 0 Å². The molecule has 19 heavy (non-hydrogen) atoms. The fourth-order valence-electron chi connectivity index (χ4n) is 1.76. The van der Waals surface area contributed by atoms with E-state index in [-0.39, 0.29) is 0 Å². The summed E-state index contributed by atoms with van der Waals surface area (Å²) in [7, 11) is 0. The van der Waals surface area contributed by atoms with Crippen molar-refractivity contribution in [1.82, 2.24) is 5.32 Å². The molecule has 2 nitrogen and oxygen atoms in total. The summed E-state index contributed by atoms with van der Waals surface area (Å²) < 4.78 is 0. The standard InChI is InChI=1S/C16H16N2S/c17-12-14-6-4-5-7-15(14)13-18-10-11-19-16-8-2-1-3-9-16/h1-9,18H,10-11,13H2. The second kappa shape index (κ2) is 7.63. The van der Waals surface area contributed by atoms with Gasteiger partial charge in [0.15, 0.2) is 0 Å². The Hall–Kier alpha value is -1.76. The third-order valence-electron chi connectivity index (χ3n) is 2.74. The molecule has 3 heteroatoms. The van der Waals surface area contributed by atoms with Gasteiger partial charge in [0.05, 0.1) is 11.6 Å². The average molecular weight is 268 g/mol. The Morgan fingerprint density at radius 1 is 1.00 bits per heavy atom. The van der Waals surface area contributed by atoms with Crippen LogP contribution in [0.4, 0.5) is 0 Å². The van der Waals surface area contributed by atoms with Gasteiger partial charge in [-0.25, -0.2) is 0 Å². The highest BCUT2D eigenvalue weighted by Crippen LogP contribution is 2.15. The van der Waals surface area contributed by atoms with Gasteiger partial charge in [0.2, 0.25) is 0 Å². The Bertz CT molecular complexity index is 546. The van der Waals surface area contributed by atoms with E-state index in [9.17, 15) is 0 Å². The molecule has 0 saturated carbocycles. The topological polar surface area (TPSA) is 35.8 Å². The molecule has 0 spiro atoms. The van der Waals surface area contributed by atoms with E-state index in [0.29, 0.717) is 0 Å². The molecule has 0 fully saturated rings. The Balaban J connectivity index is 1.71. The van der Waals surface area contributed by atoms with Gasteiger partial charge in [-0.15, -0.1) is 11.8 Å². The maximum atomic E-state index is 8.99. The smallest absolute Gasteiger partial charge is 0.0995 e. The predicted molar refractivity (Wildman–Crippen MR) is 80.0 cm³/mol. The van der Waals surface area contributed by atoms with Gasteiger partial charge in [-0.2, -0.15) is 5.26 Å². The lowest BCUT2D eigenvalue weighted by Gasteiger charge is -2.06. The highest BCUT2D eigenvalue weighted by Gasteiger charge is 1.99. The number of nitriles is 1. The normalized spacial score (nSPS) is 10.1. The summed E-state index contributed by atoms with van der Waals surface area (Å²) in [5, 5.41) is 12.4. The van der Waals surface area contributed by atoms with Gasteiger partial charge in [-0.05, 0) is 23.8 Å².